The number of nitrogens with zero attached hydrogens (tertiary/aromatic N) is 1. The lowest BCUT2D eigenvalue weighted by Gasteiger charge is -2.35. The predicted molar refractivity (Wildman–Crippen MR) is 79.9 cm³/mol. The average molecular weight is 276 g/mol. The number of hydrogen-bond donors (Lipinski definition) is 2. The number of piperidine rings is 1. The van der Waals surface area contributed by atoms with Crippen LogP contribution in [-0.2, 0) is 4.79 Å². The lowest BCUT2D eigenvalue weighted by Crippen LogP contribution is -2.48. The van der Waals surface area contributed by atoms with Crippen LogP contribution in [-0.4, -0.2) is 48.7 Å². The zero-order valence-corrected chi connectivity index (χ0v) is 12.2. The van der Waals surface area contributed by atoms with Crippen molar-refractivity contribution in [2.24, 2.45) is 5.92 Å². The van der Waals surface area contributed by atoms with Gasteiger partial charge in [-0.15, -0.1) is 0 Å². The summed E-state index contributed by atoms with van der Waals surface area (Å²) in [7, 11) is 2.14. The quantitative estimate of drug-likeness (QED) is 0.861. The summed E-state index contributed by atoms with van der Waals surface area (Å²) in [5, 5.41) is 12.9. The third-order valence-corrected chi connectivity index (χ3v) is 4.19. The van der Waals surface area contributed by atoms with Crippen molar-refractivity contribution in [2.45, 2.75) is 25.3 Å². The van der Waals surface area contributed by atoms with Crippen molar-refractivity contribution in [3.8, 4) is 0 Å². The number of rotatable bonds is 5. The van der Waals surface area contributed by atoms with E-state index in [1.807, 2.05) is 30.3 Å². The second-order valence-corrected chi connectivity index (χ2v) is 5.84. The molecule has 1 heterocycles. The molecule has 1 saturated heterocycles. The van der Waals surface area contributed by atoms with Crippen molar-refractivity contribution in [2.75, 3.05) is 26.7 Å². The molecule has 20 heavy (non-hydrogen) atoms. The van der Waals surface area contributed by atoms with Gasteiger partial charge in [-0.3, -0.25) is 4.79 Å². The fourth-order valence-corrected chi connectivity index (χ4v) is 2.96. The molecule has 2 rings (SSSR count). The Bertz CT molecular complexity index is 435. The molecule has 3 unspecified atom stereocenters. The average Bonchev–Trinajstić information content (AvgIpc) is 2.42. The van der Waals surface area contributed by atoms with Crippen LogP contribution in [0.25, 0.3) is 0 Å². The highest BCUT2D eigenvalue weighted by molar-refractivity contribution is 5.76. The van der Waals surface area contributed by atoms with Gasteiger partial charge >= 0.3 is 5.97 Å². The molecule has 1 aromatic rings. The van der Waals surface area contributed by atoms with Gasteiger partial charge in [-0.2, -0.15) is 0 Å². The van der Waals surface area contributed by atoms with E-state index in [9.17, 15) is 9.90 Å². The van der Waals surface area contributed by atoms with E-state index >= 15 is 0 Å². The van der Waals surface area contributed by atoms with Crippen molar-refractivity contribution < 1.29 is 9.90 Å². The van der Waals surface area contributed by atoms with Crippen LogP contribution in [0.5, 0.6) is 0 Å². The van der Waals surface area contributed by atoms with E-state index in [0.29, 0.717) is 18.5 Å². The van der Waals surface area contributed by atoms with Crippen molar-refractivity contribution in [3.63, 3.8) is 0 Å². The van der Waals surface area contributed by atoms with Gasteiger partial charge in [0.15, 0.2) is 0 Å². The van der Waals surface area contributed by atoms with E-state index in [2.05, 4.69) is 24.2 Å². The highest BCUT2D eigenvalue weighted by atomic mass is 16.4. The summed E-state index contributed by atoms with van der Waals surface area (Å²) in [4.78, 5) is 13.8. The molecule has 1 fully saturated rings. The van der Waals surface area contributed by atoms with Gasteiger partial charge in [-0.25, -0.2) is 0 Å². The third kappa shape index (κ3) is 3.81. The maximum Gasteiger partial charge on any atom is 0.312 e. The van der Waals surface area contributed by atoms with E-state index < -0.39 is 11.9 Å². The number of carbonyl (C=O) groups is 1. The van der Waals surface area contributed by atoms with E-state index in [1.54, 1.807) is 0 Å². The van der Waals surface area contributed by atoms with Crippen LogP contribution >= 0.6 is 0 Å². The van der Waals surface area contributed by atoms with E-state index in [0.717, 1.165) is 25.1 Å². The predicted octanol–water partition coefficient (Wildman–Crippen LogP) is 1.78. The molecule has 0 aromatic heterocycles. The zero-order valence-electron chi connectivity index (χ0n) is 12.2. The molecule has 1 aromatic carbocycles. The molecule has 0 saturated carbocycles. The summed E-state index contributed by atoms with van der Waals surface area (Å²) < 4.78 is 0. The Hall–Kier alpha value is -1.39. The van der Waals surface area contributed by atoms with Crippen molar-refractivity contribution in [3.05, 3.63) is 35.9 Å². The summed E-state index contributed by atoms with van der Waals surface area (Å²) in [6.45, 7) is 4.87. The fraction of sp³-hybridized carbons (Fsp3) is 0.562. The summed E-state index contributed by atoms with van der Waals surface area (Å²) in [5.74, 6) is -0.675. The van der Waals surface area contributed by atoms with E-state index in [4.69, 9.17) is 0 Å². The summed E-state index contributed by atoms with van der Waals surface area (Å²) in [5.41, 5.74) is 0.869. The number of benzene rings is 1. The number of aliphatic carboxylic acids is 1. The van der Waals surface area contributed by atoms with Gasteiger partial charge in [0.25, 0.3) is 0 Å². The van der Waals surface area contributed by atoms with Gasteiger partial charge < -0.3 is 15.3 Å². The van der Waals surface area contributed by atoms with Crippen LogP contribution in [0.2, 0.25) is 0 Å². The summed E-state index contributed by atoms with van der Waals surface area (Å²) in [6.07, 6.45) is 1.08. The number of nitrogens with one attached hydrogen (secondary N) is 1. The topological polar surface area (TPSA) is 52.6 Å². The molecule has 4 nitrogen and oxygen atoms in total. The Kier molecular flexibility index (Phi) is 5.15. The Morgan fingerprint density at radius 3 is 2.75 bits per heavy atom. The smallest absolute Gasteiger partial charge is 0.312 e. The standard InChI is InChI=1S/C16H24N2O2/c1-12-11-18(2)9-8-15(12)17-10-14(16(19)20)13-6-4-3-5-7-13/h3-7,12,14-15,17H,8-11H2,1-2H3,(H,19,20). The van der Waals surface area contributed by atoms with Crippen LogP contribution in [0.3, 0.4) is 0 Å². The van der Waals surface area contributed by atoms with E-state index in [1.165, 1.54) is 0 Å². The second kappa shape index (κ2) is 6.86. The first-order valence-corrected chi connectivity index (χ1v) is 7.27. The summed E-state index contributed by atoms with van der Waals surface area (Å²) in [6, 6.07) is 9.88. The molecular formula is C16H24N2O2. The highest BCUT2D eigenvalue weighted by Gasteiger charge is 2.26. The first-order valence-electron chi connectivity index (χ1n) is 7.27. The molecule has 0 amide bonds. The molecule has 0 spiro atoms. The summed E-state index contributed by atoms with van der Waals surface area (Å²) >= 11 is 0. The third-order valence-electron chi connectivity index (χ3n) is 4.19. The number of likely N-dealkylation sites (tertiary alicyclic amines) is 1. The Morgan fingerprint density at radius 1 is 1.45 bits per heavy atom. The second-order valence-electron chi connectivity index (χ2n) is 5.84. The van der Waals surface area contributed by atoms with Crippen molar-refractivity contribution in [1.82, 2.24) is 10.2 Å². The zero-order chi connectivity index (χ0) is 14.5. The highest BCUT2D eigenvalue weighted by Crippen LogP contribution is 2.19. The van der Waals surface area contributed by atoms with Crippen LogP contribution in [0, 0.1) is 5.92 Å². The van der Waals surface area contributed by atoms with Gasteiger partial charge in [0.1, 0.15) is 0 Å². The van der Waals surface area contributed by atoms with Crippen LogP contribution in [0.4, 0.5) is 0 Å². The van der Waals surface area contributed by atoms with Crippen molar-refractivity contribution in [1.29, 1.82) is 0 Å². The maximum atomic E-state index is 11.5. The molecule has 3 atom stereocenters. The Balaban J connectivity index is 1.95. The molecule has 1 aliphatic heterocycles. The number of carboxylic acids is 1. The SMILES string of the molecule is CC1CN(C)CCC1NCC(C(=O)O)c1ccccc1. The van der Waals surface area contributed by atoms with E-state index in [-0.39, 0.29) is 0 Å². The van der Waals surface area contributed by atoms with Crippen LogP contribution in [0.1, 0.15) is 24.8 Å². The number of hydrogen-bond acceptors (Lipinski definition) is 3. The first-order chi connectivity index (χ1) is 9.58. The minimum Gasteiger partial charge on any atom is -0.481 e. The van der Waals surface area contributed by atoms with Crippen LogP contribution in [0.15, 0.2) is 30.3 Å². The van der Waals surface area contributed by atoms with Gasteiger partial charge in [0.05, 0.1) is 5.92 Å². The molecule has 2 N–H and O–H groups in total. The molecule has 0 aliphatic carbocycles. The van der Waals surface area contributed by atoms with Crippen LogP contribution < -0.4 is 5.32 Å². The van der Waals surface area contributed by atoms with Gasteiger partial charge in [0, 0.05) is 19.1 Å². The van der Waals surface area contributed by atoms with Gasteiger partial charge in [-0.05, 0) is 31.5 Å². The first kappa shape index (κ1) is 15.0. The van der Waals surface area contributed by atoms with Crippen molar-refractivity contribution >= 4 is 5.97 Å². The lowest BCUT2D eigenvalue weighted by atomic mass is 9.92. The largest absolute Gasteiger partial charge is 0.481 e. The fourth-order valence-electron chi connectivity index (χ4n) is 2.96. The Morgan fingerprint density at radius 2 is 2.15 bits per heavy atom. The molecule has 0 radical (unpaired) electrons. The number of carboxylic acid groups (broad SMARTS) is 1. The molecular weight excluding hydrogens is 252 g/mol. The monoisotopic (exact) mass is 276 g/mol. The molecule has 1 aliphatic rings. The molecule has 0 bridgehead atoms. The van der Waals surface area contributed by atoms with Gasteiger partial charge in [0.2, 0.25) is 0 Å². The van der Waals surface area contributed by atoms with Gasteiger partial charge in [-0.1, -0.05) is 37.3 Å². The normalized spacial score (nSPS) is 25.3. The lowest BCUT2D eigenvalue weighted by molar-refractivity contribution is -0.138. The minimum absolute atomic E-state index is 0.414. The minimum atomic E-state index is -0.760. The Labute approximate surface area is 120 Å². The maximum absolute atomic E-state index is 11.5. The molecule has 4 heteroatoms. The molecule has 110 valence electrons.